The van der Waals surface area contributed by atoms with E-state index < -0.39 is 0 Å². The highest BCUT2D eigenvalue weighted by Gasteiger charge is 2.08. The van der Waals surface area contributed by atoms with E-state index in [1.54, 1.807) is 12.1 Å². The lowest BCUT2D eigenvalue weighted by atomic mass is 10.2. The van der Waals surface area contributed by atoms with Crippen LogP contribution in [0.4, 0.5) is 4.39 Å². The number of aromatic nitrogens is 2. The van der Waals surface area contributed by atoms with Crippen molar-refractivity contribution < 1.29 is 4.39 Å². The molecule has 0 N–H and O–H groups in total. The molecule has 5 heteroatoms. The van der Waals surface area contributed by atoms with Crippen molar-refractivity contribution in [2.45, 2.75) is 29.7 Å². The van der Waals surface area contributed by atoms with Gasteiger partial charge in [-0.3, -0.25) is 0 Å². The summed E-state index contributed by atoms with van der Waals surface area (Å²) in [7, 11) is 0. The van der Waals surface area contributed by atoms with Crippen molar-refractivity contribution in [3.63, 3.8) is 0 Å². The lowest BCUT2D eigenvalue weighted by molar-refractivity contribution is 0.624. The molecule has 0 fully saturated rings. The minimum atomic E-state index is -0.260. The first kappa shape index (κ1) is 13.3. The second-order valence-corrected chi connectivity index (χ2v) is 5.58. The van der Waals surface area contributed by atoms with Gasteiger partial charge in [-0.25, -0.2) is 14.4 Å². The molecule has 0 saturated carbocycles. The van der Waals surface area contributed by atoms with E-state index in [4.69, 9.17) is 11.6 Å². The monoisotopic (exact) mass is 282 g/mol. The number of nitrogens with zero attached hydrogens (tertiary/aromatic N) is 2. The highest BCUT2D eigenvalue weighted by atomic mass is 35.5. The molecule has 0 aliphatic carbocycles. The summed E-state index contributed by atoms with van der Waals surface area (Å²) in [5.41, 5.74) is 0. The first-order chi connectivity index (χ1) is 8.54. The van der Waals surface area contributed by atoms with Crippen LogP contribution < -0.4 is 0 Å². The quantitative estimate of drug-likeness (QED) is 0.773. The summed E-state index contributed by atoms with van der Waals surface area (Å²) < 4.78 is 13.1. The summed E-state index contributed by atoms with van der Waals surface area (Å²) in [4.78, 5) is 9.35. The standard InChI is InChI=1S/C13H12ClFN2S/c1-8(2)13-16-11(14)7-12(17-13)18-10-5-3-4-9(15)6-10/h3-8H,1-2H3. The second-order valence-electron chi connectivity index (χ2n) is 4.10. The van der Waals surface area contributed by atoms with Gasteiger partial charge in [-0.05, 0) is 18.2 Å². The average Bonchev–Trinajstić information content (AvgIpc) is 2.28. The van der Waals surface area contributed by atoms with E-state index in [0.717, 1.165) is 9.92 Å². The topological polar surface area (TPSA) is 25.8 Å². The Morgan fingerprint density at radius 3 is 2.67 bits per heavy atom. The van der Waals surface area contributed by atoms with Crippen LogP contribution in [0.1, 0.15) is 25.6 Å². The SMILES string of the molecule is CC(C)c1nc(Cl)cc(Sc2cccc(F)c2)n1. The van der Waals surface area contributed by atoms with Crippen molar-refractivity contribution in [3.05, 3.63) is 47.1 Å². The number of rotatable bonds is 3. The molecule has 0 bridgehead atoms. The van der Waals surface area contributed by atoms with Gasteiger partial charge in [0.15, 0.2) is 0 Å². The van der Waals surface area contributed by atoms with E-state index in [0.29, 0.717) is 11.0 Å². The first-order valence-corrected chi connectivity index (χ1v) is 6.72. The molecule has 2 nitrogen and oxygen atoms in total. The third-order valence-corrected chi connectivity index (χ3v) is 3.33. The molecule has 1 heterocycles. The van der Waals surface area contributed by atoms with Gasteiger partial charge in [0, 0.05) is 16.9 Å². The molecule has 0 saturated heterocycles. The van der Waals surface area contributed by atoms with Crippen molar-refractivity contribution in [1.29, 1.82) is 0 Å². The van der Waals surface area contributed by atoms with Crippen molar-refractivity contribution in [2.24, 2.45) is 0 Å². The molecule has 2 aromatic rings. The summed E-state index contributed by atoms with van der Waals surface area (Å²) in [6.07, 6.45) is 0. The molecule has 0 spiro atoms. The summed E-state index contributed by atoms with van der Waals surface area (Å²) in [6.45, 7) is 4.00. The van der Waals surface area contributed by atoms with Crippen LogP contribution >= 0.6 is 23.4 Å². The van der Waals surface area contributed by atoms with E-state index in [2.05, 4.69) is 9.97 Å². The third kappa shape index (κ3) is 3.43. The lowest BCUT2D eigenvalue weighted by Crippen LogP contribution is -1.98. The largest absolute Gasteiger partial charge is 0.226 e. The zero-order valence-electron chi connectivity index (χ0n) is 10.0. The van der Waals surface area contributed by atoms with Gasteiger partial charge in [0.1, 0.15) is 21.8 Å². The molecule has 0 unspecified atom stereocenters. The van der Waals surface area contributed by atoms with Gasteiger partial charge in [0.2, 0.25) is 0 Å². The predicted octanol–water partition coefficient (Wildman–Crippen LogP) is 4.54. The highest BCUT2D eigenvalue weighted by Crippen LogP contribution is 2.28. The predicted molar refractivity (Wildman–Crippen MR) is 71.7 cm³/mol. The molecule has 1 aromatic carbocycles. The zero-order chi connectivity index (χ0) is 13.1. The van der Waals surface area contributed by atoms with Gasteiger partial charge >= 0.3 is 0 Å². The maximum Gasteiger partial charge on any atom is 0.133 e. The maximum absolute atomic E-state index is 13.1. The number of hydrogen-bond donors (Lipinski definition) is 0. The van der Waals surface area contributed by atoms with E-state index in [9.17, 15) is 4.39 Å². The van der Waals surface area contributed by atoms with Crippen LogP contribution in [0.25, 0.3) is 0 Å². The molecule has 0 radical (unpaired) electrons. The van der Waals surface area contributed by atoms with E-state index in [1.807, 2.05) is 19.9 Å². The summed E-state index contributed by atoms with van der Waals surface area (Å²) in [5.74, 6) is 0.640. The molecule has 0 aliphatic heterocycles. The minimum Gasteiger partial charge on any atom is -0.226 e. The summed E-state index contributed by atoms with van der Waals surface area (Å²) in [6, 6.07) is 8.07. The number of benzene rings is 1. The Kier molecular flexibility index (Phi) is 4.19. The molecule has 2 rings (SSSR count). The van der Waals surface area contributed by atoms with Crippen molar-refractivity contribution in [1.82, 2.24) is 9.97 Å². The Hall–Kier alpha value is -1.13. The van der Waals surface area contributed by atoms with Crippen LogP contribution in [0, 0.1) is 5.82 Å². The smallest absolute Gasteiger partial charge is 0.133 e. The Bertz CT molecular complexity index is 560. The lowest BCUT2D eigenvalue weighted by Gasteiger charge is -2.07. The number of halogens is 2. The fourth-order valence-electron chi connectivity index (χ4n) is 1.38. The molecule has 0 aliphatic rings. The van der Waals surface area contributed by atoms with Gasteiger partial charge in [-0.15, -0.1) is 0 Å². The highest BCUT2D eigenvalue weighted by molar-refractivity contribution is 7.99. The summed E-state index contributed by atoms with van der Waals surface area (Å²) in [5, 5.41) is 1.14. The van der Waals surface area contributed by atoms with Crippen LogP contribution in [0.5, 0.6) is 0 Å². The first-order valence-electron chi connectivity index (χ1n) is 5.52. The minimum absolute atomic E-state index is 0.204. The van der Waals surface area contributed by atoms with Gasteiger partial charge in [0.05, 0.1) is 0 Å². The van der Waals surface area contributed by atoms with Crippen molar-refractivity contribution >= 4 is 23.4 Å². The maximum atomic E-state index is 13.1. The molecular weight excluding hydrogens is 271 g/mol. The molecular formula is C13H12ClFN2S. The average molecular weight is 283 g/mol. The van der Waals surface area contributed by atoms with Crippen LogP contribution in [-0.2, 0) is 0 Å². The third-order valence-electron chi connectivity index (χ3n) is 2.22. The summed E-state index contributed by atoms with van der Waals surface area (Å²) >= 11 is 7.32. The van der Waals surface area contributed by atoms with Crippen LogP contribution in [0.3, 0.4) is 0 Å². The van der Waals surface area contributed by atoms with Crippen molar-refractivity contribution in [3.8, 4) is 0 Å². The second kappa shape index (κ2) is 5.67. The molecule has 0 amide bonds. The van der Waals surface area contributed by atoms with Crippen LogP contribution in [0.15, 0.2) is 40.3 Å². The molecule has 94 valence electrons. The van der Waals surface area contributed by atoms with Crippen LogP contribution in [-0.4, -0.2) is 9.97 Å². The van der Waals surface area contributed by atoms with E-state index in [-0.39, 0.29) is 11.7 Å². The fraction of sp³-hybridized carbons (Fsp3) is 0.231. The molecule has 0 atom stereocenters. The van der Waals surface area contributed by atoms with Crippen molar-refractivity contribution in [2.75, 3.05) is 0 Å². The Morgan fingerprint density at radius 2 is 2.00 bits per heavy atom. The fourth-order valence-corrected chi connectivity index (χ4v) is 2.50. The van der Waals surface area contributed by atoms with Gasteiger partial charge in [0.25, 0.3) is 0 Å². The normalized spacial score (nSPS) is 10.9. The van der Waals surface area contributed by atoms with Crippen LogP contribution in [0.2, 0.25) is 5.15 Å². The molecule has 1 aromatic heterocycles. The Balaban J connectivity index is 2.29. The van der Waals surface area contributed by atoms with Gasteiger partial charge in [-0.1, -0.05) is 43.3 Å². The Labute approximate surface area is 115 Å². The van der Waals surface area contributed by atoms with E-state index in [1.165, 1.54) is 23.9 Å². The zero-order valence-corrected chi connectivity index (χ0v) is 11.6. The molecule has 18 heavy (non-hydrogen) atoms. The number of hydrogen-bond acceptors (Lipinski definition) is 3. The van der Waals surface area contributed by atoms with Gasteiger partial charge < -0.3 is 0 Å². The van der Waals surface area contributed by atoms with E-state index >= 15 is 0 Å². The van der Waals surface area contributed by atoms with Gasteiger partial charge in [-0.2, -0.15) is 0 Å². The Morgan fingerprint density at radius 1 is 1.22 bits per heavy atom.